The first-order valence-corrected chi connectivity index (χ1v) is 16.6. The minimum atomic E-state index is -3.34. The molecule has 9 nitrogen and oxygen atoms in total. The van der Waals surface area contributed by atoms with Crippen molar-refractivity contribution in [3.63, 3.8) is 0 Å². The van der Waals surface area contributed by atoms with Crippen LogP contribution in [0.5, 0.6) is 17.2 Å². The van der Waals surface area contributed by atoms with Crippen molar-refractivity contribution in [3.8, 4) is 17.2 Å². The fraction of sp³-hybridized carbons (Fsp3) is 0.455. The van der Waals surface area contributed by atoms with Gasteiger partial charge in [-0.3, -0.25) is 9.78 Å². The second-order valence-electron chi connectivity index (χ2n) is 12.6. The van der Waals surface area contributed by atoms with Crippen LogP contribution in [0.2, 0.25) is 0 Å². The van der Waals surface area contributed by atoms with Gasteiger partial charge in [-0.25, -0.2) is 0 Å². The quantitative estimate of drug-likeness (QED) is 0.225. The van der Waals surface area contributed by atoms with Gasteiger partial charge >= 0.3 is 10.4 Å². The molecule has 0 aliphatic carbocycles. The van der Waals surface area contributed by atoms with Crippen LogP contribution in [-0.2, 0) is 26.4 Å². The Bertz CT molecular complexity index is 1500. The maximum atomic E-state index is 13.5. The van der Waals surface area contributed by atoms with Crippen molar-refractivity contribution in [1.29, 1.82) is 0 Å². The molecule has 43 heavy (non-hydrogen) atoms. The topological polar surface area (TPSA) is 113 Å². The third-order valence-corrected chi connectivity index (χ3v) is 8.34. The van der Waals surface area contributed by atoms with E-state index in [1.54, 1.807) is 24.4 Å². The summed E-state index contributed by atoms with van der Waals surface area (Å²) in [5.41, 5.74) is 3.56. The van der Waals surface area contributed by atoms with Crippen LogP contribution in [0.15, 0.2) is 48.7 Å². The van der Waals surface area contributed by atoms with Crippen molar-refractivity contribution in [2.45, 2.75) is 58.8 Å². The summed E-state index contributed by atoms with van der Waals surface area (Å²) in [5, 5.41) is 2.94. The number of nitrogens with one attached hydrogen (secondary N) is 2. The van der Waals surface area contributed by atoms with E-state index in [0.717, 1.165) is 42.8 Å². The maximum Gasteiger partial charge on any atom is 0.307 e. The summed E-state index contributed by atoms with van der Waals surface area (Å²) in [4.78, 5) is 20.5. The molecule has 0 bridgehead atoms. The SMILES string of the molecule is COc1c(NC(=O)c2ccc(C)c(Oc3ccnc(CC4CCCN(C)CC4)c3)c2)cc(C(C)(C)C)cc1N[S+](C)(=O)O. The first-order valence-electron chi connectivity index (χ1n) is 14.7. The largest absolute Gasteiger partial charge is 0.492 e. The van der Waals surface area contributed by atoms with Gasteiger partial charge in [0.1, 0.15) is 17.2 Å². The Morgan fingerprint density at radius 2 is 1.86 bits per heavy atom. The van der Waals surface area contributed by atoms with E-state index in [4.69, 9.17) is 9.47 Å². The number of anilines is 2. The zero-order valence-electron chi connectivity index (χ0n) is 26.3. The van der Waals surface area contributed by atoms with Crippen LogP contribution in [0, 0.1) is 12.8 Å². The van der Waals surface area contributed by atoms with Gasteiger partial charge in [-0.1, -0.05) is 26.8 Å². The standard InChI is InChI=1S/C33H44N4O5S/c1-22-10-11-24(18-30(22)42-27-12-14-34-26(21-27)17-23-9-8-15-37(5)16-13-23)32(38)35-28-19-25(33(2,3)4)20-29(31(28)41-6)36-43(7,39)40/h10-12,14,18-21,23H,8-9,13,15-17H2,1-7H3,(H2-,35,36,38,39,40)/p+1. The third-order valence-electron chi connectivity index (χ3n) is 7.74. The molecular formula is C33H45N4O5S+. The molecule has 1 aliphatic rings. The highest BCUT2D eigenvalue weighted by Gasteiger charge is 2.26. The molecular weight excluding hydrogens is 564 g/mol. The van der Waals surface area contributed by atoms with E-state index in [0.29, 0.717) is 34.4 Å². The number of hydrogen-bond acceptors (Lipinski definition) is 6. The van der Waals surface area contributed by atoms with Gasteiger partial charge in [-0.05, 0) is 110 Å². The van der Waals surface area contributed by atoms with Crippen molar-refractivity contribution in [3.05, 3.63) is 71.0 Å². The summed E-state index contributed by atoms with van der Waals surface area (Å²) in [7, 11) is 0.296. The predicted octanol–water partition coefficient (Wildman–Crippen LogP) is 6.94. The van der Waals surface area contributed by atoms with Crippen LogP contribution in [0.1, 0.15) is 67.2 Å². The average Bonchev–Trinajstić information content (AvgIpc) is 3.12. The van der Waals surface area contributed by atoms with Gasteiger partial charge in [0.2, 0.25) is 0 Å². The number of likely N-dealkylation sites (tertiary alicyclic amines) is 1. The summed E-state index contributed by atoms with van der Waals surface area (Å²) in [6.07, 6.45) is 7.45. The fourth-order valence-corrected chi connectivity index (χ4v) is 5.83. The number of amides is 1. The van der Waals surface area contributed by atoms with Crippen LogP contribution >= 0.6 is 0 Å². The van der Waals surface area contributed by atoms with Gasteiger partial charge in [0.25, 0.3) is 5.91 Å². The van der Waals surface area contributed by atoms with Crippen molar-refractivity contribution in [2.75, 3.05) is 43.5 Å². The Morgan fingerprint density at radius 1 is 1.12 bits per heavy atom. The van der Waals surface area contributed by atoms with Gasteiger partial charge in [0, 0.05) is 23.5 Å². The molecule has 10 heteroatoms. The highest BCUT2D eigenvalue weighted by Crippen LogP contribution is 2.40. The Balaban J connectivity index is 1.56. The lowest BCUT2D eigenvalue weighted by atomic mass is 9.86. The first-order chi connectivity index (χ1) is 20.2. The highest BCUT2D eigenvalue weighted by molar-refractivity contribution is 7.98. The predicted molar refractivity (Wildman–Crippen MR) is 174 cm³/mol. The second kappa shape index (κ2) is 13.4. The number of rotatable bonds is 9. The summed E-state index contributed by atoms with van der Waals surface area (Å²) >= 11 is 0. The monoisotopic (exact) mass is 609 g/mol. The third kappa shape index (κ3) is 9.01. The van der Waals surface area contributed by atoms with E-state index in [1.807, 2.05) is 52.0 Å². The molecule has 0 saturated carbocycles. The molecule has 2 unspecified atom stereocenters. The Hall–Kier alpha value is -3.47. The Kier molecular flexibility index (Phi) is 10.1. The molecule has 1 saturated heterocycles. The molecule has 2 atom stereocenters. The number of aryl methyl sites for hydroxylation is 1. The number of hydrogen-bond donors (Lipinski definition) is 3. The number of aromatic nitrogens is 1. The molecule has 2 heterocycles. The van der Waals surface area contributed by atoms with Crippen molar-refractivity contribution in [1.82, 2.24) is 9.88 Å². The Labute approximate surface area is 256 Å². The lowest BCUT2D eigenvalue weighted by Crippen LogP contribution is -2.21. The molecule has 1 amide bonds. The number of carbonyl (C=O) groups is 1. The Morgan fingerprint density at radius 3 is 2.56 bits per heavy atom. The summed E-state index contributed by atoms with van der Waals surface area (Å²) in [5.74, 6) is 1.75. The van der Waals surface area contributed by atoms with Crippen molar-refractivity contribution in [2.24, 2.45) is 5.92 Å². The number of nitrogens with zero attached hydrogens (tertiary/aromatic N) is 2. The second-order valence-corrected chi connectivity index (χ2v) is 14.4. The molecule has 232 valence electrons. The number of benzene rings is 2. The molecule has 3 aromatic rings. The van der Waals surface area contributed by atoms with Gasteiger partial charge in [-0.15, -0.1) is 0 Å². The number of carbonyl (C=O) groups excluding carboxylic acids is 1. The van der Waals surface area contributed by atoms with Crippen LogP contribution in [0.4, 0.5) is 11.4 Å². The highest BCUT2D eigenvalue weighted by atomic mass is 32.3. The van der Waals surface area contributed by atoms with Gasteiger partial charge in [0.15, 0.2) is 12.0 Å². The first kappa shape index (κ1) is 32.4. The van der Waals surface area contributed by atoms with Crippen LogP contribution in [-0.4, -0.2) is 53.8 Å². The molecule has 0 spiro atoms. The molecule has 3 N–H and O–H groups in total. The summed E-state index contributed by atoms with van der Waals surface area (Å²) < 4.78 is 36.7. The van der Waals surface area contributed by atoms with Crippen molar-refractivity contribution >= 4 is 27.7 Å². The lowest BCUT2D eigenvalue weighted by Gasteiger charge is -2.23. The van der Waals surface area contributed by atoms with E-state index in [9.17, 15) is 13.6 Å². The van der Waals surface area contributed by atoms with E-state index in [1.165, 1.54) is 26.2 Å². The zero-order chi connectivity index (χ0) is 31.4. The van der Waals surface area contributed by atoms with Crippen LogP contribution in [0.3, 0.4) is 0 Å². The molecule has 2 aromatic carbocycles. The fourth-order valence-electron chi connectivity index (χ4n) is 5.27. The van der Waals surface area contributed by atoms with E-state index < -0.39 is 10.4 Å². The minimum absolute atomic E-state index is 0.262. The average molecular weight is 610 g/mol. The summed E-state index contributed by atoms with van der Waals surface area (Å²) in [6, 6.07) is 12.7. The van der Waals surface area contributed by atoms with E-state index in [-0.39, 0.29) is 17.1 Å². The van der Waals surface area contributed by atoms with Gasteiger partial charge in [-0.2, -0.15) is 9.27 Å². The van der Waals surface area contributed by atoms with E-state index in [2.05, 4.69) is 27.0 Å². The molecule has 1 fully saturated rings. The number of ether oxygens (including phenoxy) is 2. The van der Waals surface area contributed by atoms with Gasteiger partial charge in [0.05, 0.1) is 12.8 Å². The van der Waals surface area contributed by atoms with Crippen LogP contribution < -0.4 is 19.5 Å². The lowest BCUT2D eigenvalue weighted by molar-refractivity contribution is 0.102. The number of pyridine rings is 1. The van der Waals surface area contributed by atoms with Crippen LogP contribution in [0.25, 0.3) is 0 Å². The molecule has 4 rings (SSSR count). The van der Waals surface area contributed by atoms with E-state index >= 15 is 0 Å². The minimum Gasteiger partial charge on any atom is -0.492 e. The molecule has 0 radical (unpaired) electrons. The normalized spacial score (nSPS) is 17.4. The van der Waals surface area contributed by atoms with Gasteiger partial charge < -0.3 is 19.7 Å². The molecule has 1 aromatic heterocycles. The molecule has 1 aliphatic heterocycles. The van der Waals surface area contributed by atoms with Crippen molar-refractivity contribution < 1.29 is 23.0 Å². The summed E-state index contributed by atoms with van der Waals surface area (Å²) in [6.45, 7) is 10.3. The maximum absolute atomic E-state index is 13.5. The smallest absolute Gasteiger partial charge is 0.307 e. The zero-order valence-corrected chi connectivity index (χ0v) is 27.1. The number of methoxy groups -OCH3 is 1.